The quantitative estimate of drug-likeness (QED) is 0.865. The Morgan fingerprint density at radius 2 is 2.10 bits per heavy atom. The standard InChI is InChI=1S/C17H30N2O2/c1-2-10-21-14-7-5-9-19(12-14)17(20)16-11-13-6-3-4-8-15(13)18-16/h13-16,18H,2-12H2,1H3. The molecule has 4 atom stereocenters. The van der Waals surface area contributed by atoms with Gasteiger partial charge in [0.15, 0.2) is 0 Å². The Hall–Kier alpha value is -0.610. The van der Waals surface area contributed by atoms with E-state index in [1.807, 2.05) is 0 Å². The van der Waals surface area contributed by atoms with Crippen molar-refractivity contribution in [2.24, 2.45) is 5.92 Å². The predicted octanol–water partition coefficient (Wildman–Crippen LogP) is 2.32. The largest absolute Gasteiger partial charge is 0.376 e. The van der Waals surface area contributed by atoms with Crippen LogP contribution in [0.5, 0.6) is 0 Å². The number of carbonyl (C=O) groups excluding carboxylic acids is 1. The number of ether oxygens (including phenoxy) is 1. The van der Waals surface area contributed by atoms with E-state index in [1.165, 1.54) is 25.7 Å². The lowest BCUT2D eigenvalue weighted by atomic mass is 9.85. The highest BCUT2D eigenvalue weighted by molar-refractivity contribution is 5.82. The number of nitrogens with one attached hydrogen (secondary N) is 1. The van der Waals surface area contributed by atoms with Gasteiger partial charge < -0.3 is 15.0 Å². The second kappa shape index (κ2) is 7.10. The molecule has 120 valence electrons. The maximum Gasteiger partial charge on any atom is 0.239 e. The molecule has 2 heterocycles. The van der Waals surface area contributed by atoms with E-state index in [1.54, 1.807) is 0 Å². The molecule has 0 bridgehead atoms. The third-order valence-corrected chi connectivity index (χ3v) is 5.41. The van der Waals surface area contributed by atoms with Crippen molar-refractivity contribution in [3.63, 3.8) is 0 Å². The molecule has 21 heavy (non-hydrogen) atoms. The molecule has 3 fully saturated rings. The Morgan fingerprint density at radius 1 is 1.24 bits per heavy atom. The Kier molecular flexibility index (Phi) is 5.17. The van der Waals surface area contributed by atoms with Crippen LogP contribution >= 0.6 is 0 Å². The second-order valence-electron chi connectivity index (χ2n) is 7.03. The van der Waals surface area contributed by atoms with Gasteiger partial charge in [-0.3, -0.25) is 4.79 Å². The van der Waals surface area contributed by atoms with E-state index in [0.717, 1.165) is 51.3 Å². The van der Waals surface area contributed by atoms with Gasteiger partial charge in [0, 0.05) is 25.7 Å². The first-order chi connectivity index (χ1) is 10.3. The molecule has 0 aromatic heterocycles. The van der Waals surface area contributed by atoms with Crippen molar-refractivity contribution in [2.45, 2.75) is 76.5 Å². The van der Waals surface area contributed by atoms with E-state index in [-0.39, 0.29) is 12.1 Å². The van der Waals surface area contributed by atoms with Gasteiger partial charge in [0.1, 0.15) is 0 Å². The van der Waals surface area contributed by atoms with E-state index in [2.05, 4.69) is 17.1 Å². The number of rotatable bonds is 4. The van der Waals surface area contributed by atoms with Crippen LogP contribution in [0.15, 0.2) is 0 Å². The highest BCUT2D eigenvalue weighted by atomic mass is 16.5. The fourth-order valence-electron chi connectivity index (χ4n) is 4.29. The van der Waals surface area contributed by atoms with Crippen LogP contribution in [0.2, 0.25) is 0 Å². The van der Waals surface area contributed by atoms with E-state index in [0.29, 0.717) is 11.9 Å². The Bertz CT molecular complexity index is 347. The maximum absolute atomic E-state index is 12.8. The third kappa shape index (κ3) is 3.59. The van der Waals surface area contributed by atoms with E-state index >= 15 is 0 Å². The first kappa shape index (κ1) is 15.3. The highest BCUT2D eigenvalue weighted by Gasteiger charge is 2.40. The second-order valence-corrected chi connectivity index (χ2v) is 7.03. The summed E-state index contributed by atoms with van der Waals surface area (Å²) < 4.78 is 5.86. The van der Waals surface area contributed by atoms with Crippen molar-refractivity contribution in [1.29, 1.82) is 0 Å². The number of fused-ring (bicyclic) bond motifs is 1. The molecular formula is C17H30N2O2. The molecule has 0 aromatic carbocycles. The normalized spacial score (nSPS) is 36.5. The average Bonchev–Trinajstić information content (AvgIpc) is 2.96. The molecule has 0 aromatic rings. The summed E-state index contributed by atoms with van der Waals surface area (Å²) in [5.74, 6) is 1.07. The lowest BCUT2D eigenvalue weighted by Crippen LogP contribution is -2.50. The van der Waals surface area contributed by atoms with E-state index < -0.39 is 0 Å². The van der Waals surface area contributed by atoms with Gasteiger partial charge in [0.2, 0.25) is 5.91 Å². The third-order valence-electron chi connectivity index (χ3n) is 5.41. The van der Waals surface area contributed by atoms with Gasteiger partial charge in [0.25, 0.3) is 0 Å². The molecule has 2 saturated heterocycles. The molecule has 4 heteroatoms. The van der Waals surface area contributed by atoms with E-state index in [9.17, 15) is 4.79 Å². The smallest absolute Gasteiger partial charge is 0.239 e. The molecule has 1 aliphatic carbocycles. The van der Waals surface area contributed by atoms with Gasteiger partial charge in [0.05, 0.1) is 12.1 Å². The number of piperidine rings is 1. The number of hydrogen-bond donors (Lipinski definition) is 1. The molecule has 1 saturated carbocycles. The van der Waals surface area contributed by atoms with Crippen LogP contribution in [-0.4, -0.2) is 48.7 Å². The van der Waals surface area contributed by atoms with Crippen LogP contribution < -0.4 is 5.32 Å². The zero-order valence-electron chi connectivity index (χ0n) is 13.4. The minimum absolute atomic E-state index is 0.0722. The topological polar surface area (TPSA) is 41.6 Å². The number of nitrogens with zero attached hydrogens (tertiary/aromatic N) is 1. The molecule has 4 nitrogen and oxygen atoms in total. The van der Waals surface area contributed by atoms with Gasteiger partial charge in [-0.05, 0) is 44.4 Å². The fourth-order valence-corrected chi connectivity index (χ4v) is 4.29. The number of carbonyl (C=O) groups is 1. The lowest BCUT2D eigenvalue weighted by Gasteiger charge is -2.34. The first-order valence-electron chi connectivity index (χ1n) is 8.94. The molecule has 0 spiro atoms. The van der Waals surface area contributed by atoms with Crippen LogP contribution in [0, 0.1) is 5.92 Å². The number of hydrogen-bond acceptors (Lipinski definition) is 3. The summed E-state index contributed by atoms with van der Waals surface area (Å²) >= 11 is 0. The summed E-state index contributed by atoms with van der Waals surface area (Å²) in [5.41, 5.74) is 0. The summed E-state index contributed by atoms with van der Waals surface area (Å²) in [6, 6.07) is 0.674. The monoisotopic (exact) mass is 294 g/mol. The highest BCUT2D eigenvalue weighted by Crippen LogP contribution is 2.34. The average molecular weight is 294 g/mol. The SMILES string of the molecule is CCCOC1CCCN(C(=O)C2CC3CCCCC3N2)C1. The zero-order chi connectivity index (χ0) is 14.7. The van der Waals surface area contributed by atoms with Crippen molar-refractivity contribution in [3.8, 4) is 0 Å². The summed E-state index contributed by atoms with van der Waals surface area (Å²) in [6.07, 6.45) is 9.80. The first-order valence-corrected chi connectivity index (χ1v) is 8.94. The molecule has 4 unspecified atom stereocenters. The molecule has 3 rings (SSSR count). The summed E-state index contributed by atoms with van der Waals surface area (Å²) in [7, 11) is 0. The van der Waals surface area contributed by atoms with Crippen LogP contribution in [0.25, 0.3) is 0 Å². The van der Waals surface area contributed by atoms with Crippen LogP contribution in [0.3, 0.4) is 0 Å². The van der Waals surface area contributed by atoms with Gasteiger partial charge in [-0.25, -0.2) is 0 Å². The Balaban J connectivity index is 1.52. The van der Waals surface area contributed by atoms with Crippen molar-refractivity contribution in [3.05, 3.63) is 0 Å². The van der Waals surface area contributed by atoms with Crippen molar-refractivity contribution in [1.82, 2.24) is 10.2 Å². The van der Waals surface area contributed by atoms with Gasteiger partial charge >= 0.3 is 0 Å². The van der Waals surface area contributed by atoms with Crippen LogP contribution in [0.1, 0.15) is 58.3 Å². The molecular weight excluding hydrogens is 264 g/mol. The fraction of sp³-hybridized carbons (Fsp3) is 0.941. The van der Waals surface area contributed by atoms with E-state index in [4.69, 9.17) is 4.74 Å². The van der Waals surface area contributed by atoms with Crippen LogP contribution in [0.4, 0.5) is 0 Å². The summed E-state index contributed by atoms with van der Waals surface area (Å²) in [4.78, 5) is 14.8. The van der Waals surface area contributed by atoms with Crippen molar-refractivity contribution >= 4 is 5.91 Å². The van der Waals surface area contributed by atoms with Crippen molar-refractivity contribution < 1.29 is 9.53 Å². The number of amides is 1. The molecule has 0 radical (unpaired) electrons. The van der Waals surface area contributed by atoms with Gasteiger partial charge in [-0.2, -0.15) is 0 Å². The minimum Gasteiger partial charge on any atom is -0.376 e. The zero-order valence-corrected chi connectivity index (χ0v) is 13.4. The maximum atomic E-state index is 12.8. The summed E-state index contributed by atoms with van der Waals surface area (Å²) in [5, 5.41) is 3.62. The molecule has 1 N–H and O–H groups in total. The number of likely N-dealkylation sites (tertiary alicyclic amines) is 1. The lowest BCUT2D eigenvalue weighted by molar-refractivity contribution is -0.137. The Labute approximate surface area is 128 Å². The van der Waals surface area contributed by atoms with Gasteiger partial charge in [-0.15, -0.1) is 0 Å². The van der Waals surface area contributed by atoms with Crippen LogP contribution in [-0.2, 0) is 9.53 Å². The molecule has 3 aliphatic rings. The van der Waals surface area contributed by atoms with Crippen molar-refractivity contribution in [2.75, 3.05) is 19.7 Å². The summed E-state index contributed by atoms with van der Waals surface area (Å²) in [6.45, 7) is 4.67. The van der Waals surface area contributed by atoms with Gasteiger partial charge in [-0.1, -0.05) is 19.8 Å². The predicted molar refractivity (Wildman–Crippen MR) is 83.1 cm³/mol. The Morgan fingerprint density at radius 3 is 2.90 bits per heavy atom. The molecule has 2 aliphatic heterocycles. The molecule has 1 amide bonds. The minimum atomic E-state index is 0.0722.